The zero-order chi connectivity index (χ0) is 88.0. The molecule has 0 N–H and O–H groups in total. The second-order valence-electron chi connectivity index (χ2n) is 32.6. The van der Waals surface area contributed by atoms with Gasteiger partial charge in [0, 0.05) is 122 Å². The van der Waals surface area contributed by atoms with E-state index in [1.54, 1.807) is 34.6 Å². The van der Waals surface area contributed by atoms with Gasteiger partial charge < -0.3 is 17.7 Å². The Morgan fingerprint density at radius 1 is 0.307 bits per heavy atom. The summed E-state index contributed by atoms with van der Waals surface area (Å²) >= 11 is 0. The lowest BCUT2D eigenvalue weighted by Crippen LogP contribution is -2.32. The zero-order valence-electron chi connectivity index (χ0n) is 79.1. The molecule has 0 amide bonds. The van der Waals surface area contributed by atoms with Crippen LogP contribution in [0.2, 0.25) is 0 Å². The van der Waals surface area contributed by atoms with E-state index in [0.717, 1.165) is 186 Å². The molecule has 0 aliphatic heterocycles. The molecule has 0 bridgehead atoms. The topological polar surface area (TPSA) is 120 Å². The van der Waals surface area contributed by atoms with E-state index in [9.17, 15) is 0 Å². The summed E-state index contributed by atoms with van der Waals surface area (Å²) < 4.78 is 92.0. The largest absolute Gasteiger partial charge is 0.437 e. The van der Waals surface area contributed by atoms with E-state index >= 15 is 0 Å². The van der Waals surface area contributed by atoms with Crippen molar-refractivity contribution < 1.29 is 45.5 Å². The van der Waals surface area contributed by atoms with E-state index in [-0.39, 0.29) is 11.8 Å². The van der Waals surface area contributed by atoms with Crippen molar-refractivity contribution >= 4 is 88.3 Å². The van der Waals surface area contributed by atoms with Gasteiger partial charge in [-0.05, 0) is 195 Å². The van der Waals surface area contributed by atoms with Crippen LogP contribution in [0.1, 0.15) is 259 Å². The lowest BCUT2D eigenvalue weighted by Gasteiger charge is -2.13. The molecule has 12 nitrogen and oxygen atoms in total. The smallest absolute Gasteiger partial charge is 0.227 e. The van der Waals surface area contributed by atoms with Gasteiger partial charge >= 0.3 is 0 Å². The van der Waals surface area contributed by atoms with Gasteiger partial charge in [0.15, 0.2) is 47.1 Å². The van der Waals surface area contributed by atoms with Gasteiger partial charge in [-0.3, -0.25) is 0 Å². The van der Waals surface area contributed by atoms with Gasteiger partial charge in [-0.25, -0.2) is 38.2 Å². The molecule has 0 atom stereocenters. The minimum atomic E-state index is -1.55. The Balaban J connectivity index is 0.000000139. The van der Waals surface area contributed by atoms with Crippen molar-refractivity contribution in [2.45, 2.75) is 226 Å². The zero-order valence-corrected chi connectivity index (χ0v) is 72.1. The maximum Gasteiger partial charge on any atom is 0.227 e. The maximum atomic E-state index is 8.66. The van der Waals surface area contributed by atoms with Crippen LogP contribution in [0.5, 0.6) is 0 Å². The summed E-state index contributed by atoms with van der Waals surface area (Å²) in [6, 6.07) is 42.3. The number of fused-ring (bicyclic) bond motifs is 12. The van der Waals surface area contributed by atoms with Crippen molar-refractivity contribution in [1.82, 2.24) is 19.9 Å². The molecule has 12 heterocycles. The van der Waals surface area contributed by atoms with Gasteiger partial charge in [0.2, 0.25) is 45.6 Å². The normalized spacial score (nSPS) is 13.3. The summed E-state index contributed by atoms with van der Waals surface area (Å²) in [5.41, 5.74) is 30.5. The monoisotopic (exact) mass is 1530 g/mol. The molecular weight excluding hydrogens is 1400 g/mol. The Bertz CT molecular complexity index is 6690. The fourth-order valence-electron chi connectivity index (χ4n) is 16.2. The second-order valence-corrected chi connectivity index (χ2v) is 32.6. The lowest BCUT2D eigenvalue weighted by molar-refractivity contribution is -0.661. The molecule has 0 spiro atoms. The molecule has 0 fully saturated rings. The maximum absolute atomic E-state index is 8.66. The molecule has 0 saturated carbocycles. The van der Waals surface area contributed by atoms with E-state index in [0.29, 0.717) is 46.0 Å². The fourth-order valence-corrected chi connectivity index (χ4v) is 16.2. The molecular formula is C102H120N8O4+4. The van der Waals surface area contributed by atoms with Crippen LogP contribution in [-0.4, -0.2) is 19.9 Å². The van der Waals surface area contributed by atoms with Gasteiger partial charge in [-0.2, -0.15) is 0 Å². The van der Waals surface area contributed by atoms with Crippen molar-refractivity contribution in [3.63, 3.8) is 0 Å². The van der Waals surface area contributed by atoms with Gasteiger partial charge in [-0.15, -0.1) is 0 Å². The molecule has 0 aliphatic rings. The van der Waals surface area contributed by atoms with Crippen molar-refractivity contribution in [1.29, 1.82) is 0 Å². The summed E-state index contributed by atoms with van der Waals surface area (Å²) in [6.45, 7) is 44.7. The van der Waals surface area contributed by atoms with E-state index in [1.165, 1.54) is 27.9 Å². The van der Waals surface area contributed by atoms with Crippen LogP contribution in [0.15, 0.2) is 164 Å². The molecule has 114 heavy (non-hydrogen) atoms. The van der Waals surface area contributed by atoms with Gasteiger partial charge in [-0.1, -0.05) is 173 Å². The molecule has 0 saturated heterocycles. The third-order valence-corrected chi connectivity index (χ3v) is 22.8. The average Bonchev–Trinajstić information content (AvgIpc) is 1.67. The van der Waals surface area contributed by atoms with E-state index in [2.05, 4.69) is 248 Å². The third kappa shape index (κ3) is 15.4. The quantitative estimate of drug-likeness (QED) is 0.0878. The lowest BCUT2D eigenvalue weighted by atomic mass is 9.93. The van der Waals surface area contributed by atoms with Crippen molar-refractivity contribution in [3.8, 4) is 45.0 Å². The van der Waals surface area contributed by atoms with Crippen molar-refractivity contribution in [3.05, 3.63) is 236 Å². The Morgan fingerprint density at radius 2 is 0.561 bits per heavy atom. The van der Waals surface area contributed by atoms with E-state index in [1.807, 2.05) is 72.5 Å². The van der Waals surface area contributed by atoms with Crippen LogP contribution in [0.3, 0.4) is 0 Å². The number of hydrogen-bond donors (Lipinski definition) is 0. The third-order valence-electron chi connectivity index (χ3n) is 22.8. The molecule has 12 heteroatoms. The highest BCUT2D eigenvalue weighted by Crippen LogP contribution is 2.43. The minimum Gasteiger partial charge on any atom is -0.437 e. The average molecular weight is 1530 g/mol. The number of hydrogen-bond acceptors (Lipinski definition) is 8. The first kappa shape index (κ1) is 72.3. The van der Waals surface area contributed by atoms with E-state index in [4.69, 9.17) is 37.2 Å². The van der Waals surface area contributed by atoms with Gasteiger partial charge in [0.05, 0.1) is 22.3 Å². The Hall–Kier alpha value is -10.7. The summed E-state index contributed by atoms with van der Waals surface area (Å²) in [5.74, 6) is 0.655. The predicted octanol–water partition coefficient (Wildman–Crippen LogP) is 25.2. The van der Waals surface area contributed by atoms with E-state index < -0.39 is 25.0 Å². The van der Waals surface area contributed by atoms with Crippen LogP contribution in [0, 0.1) is 27.7 Å². The first-order chi connectivity index (χ1) is 56.8. The highest BCUT2D eigenvalue weighted by atomic mass is 16.4. The van der Waals surface area contributed by atoms with Gasteiger partial charge in [0.1, 0.15) is 28.2 Å². The molecule has 4 aromatic carbocycles. The number of rotatable bonds is 16. The SMILES string of the molecule is CCc1c[n+](C)c(-c2c(C)ccc3c2oc2nc(C(C)C)ccc23)cc1C(C)C.[2H]C([2H])(C)c1c[n+](C)c(-c2c(C)ccc3c2oc2nc(C(C)C)ccc23)cc1C(C)C.[2H]C([2H])(C)c1c[n+](C)c(-c2c(C)ccc3c2oc2nc(CC)ccc23)cc1C(C)C.[2H]C([2H])(C)c1c[n+](C)c(-c2c(C)ccc3c2oc2nc(CC)ccc23)cc1C([2H])(C)C. The van der Waals surface area contributed by atoms with Crippen LogP contribution < -0.4 is 18.3 Å². The number of aromatic nitrogens is 8. The first-order valence-corrected chi connectivity index (χ1v) is 40.8. The summed E-state index contributed by atoms with van der Waals surface area (Å²) in [5, 5.41) is 8.37. The second kappa shape index (κ2) is 33.4. The van der Waals surface area contributed by atoms with Crippen LogP contribution in [0.4, 0.5) is 0 Å². The molecule has 16 aromatic rings. The fraction of sp³-hybridized carbons (Fsp3) is 0.373. The summed E-state index contributed by atoms with van der Waals surface area (Å²) in [7, 11) is 8.00. The number of furan rings is 4. The molecule has 0 aliphatic carbocycles. The molecule has 12 aromatic heterocycles. The summed E-state index contributed by atoms with van der Waals surface area (Å²) in [6.07, 6.45) is 6.34. The number of aryl methyl sites for hydroxylation is 14. The number of benzene rings is 4. The van der Waals surface area contributed by atoms with Crippen LogP contribution in [-0.2, 0) is 66.6 Å². The van der Waals surface area contributed by atoms with Gasteiger partial charge in [0.25, 0.3) is 0 Å². The number of nitrogens with zero attached hydrogens (tertiary/aromatic N) is 8. The Morgan fingerprint density at radius 3 is 0.825 bits per heavy atom. The Kier molecular flexibility index (Phi) is 21.2. The molecule has 16 rings (SSSR count). The standard InChI is InChI=1S/2C26H31N2O.2C25H29N2O/c2*1-8-18-14-28(7)23(13-21(18)15(2)3)24-17(6)9-10-19-20-11-12-22(16(4)5)27-26(20)29-25(19)24;2*1-7-17-14-27(6)22(13-21(17)15(3)4)23-16(5)9-11-19-20-12-10-18(8-2)26-25(20)28-24(19)23/h2*9-16H,8H2,1-7H3;2*9-15H,7-8H2,1-6H3/q4*+1/i8D2;;7D2,15D;7D2. The summed E-state index contributed by atoms with van der Waals surface area (Å²) in [4.78, 5) is 18.9. The highest BCUT2D eigenvalue weighted by molar-refractivity contribution is 6.12. The minimum absolute atomic E-state index is 0.204. The molecule has 0 unspecified atom stereocenters. The predicted molar refractivity (Wildman–Crippen MR) is 472 cm³/mol. The van der Waals surface area contributed by atoms with Crippen LogP contribution >= 0.6 is 0 Å². The highest BCUT2D eigenvalue weighted by Gasteiger charge is 2.30. The van der Waals surface area contributed by atoms with Crippen molar-refractivity contribution in [2.75, 3.05) is 0 Å². The Labute approximate surface area is 685 Å². The number of pyridine rings is 8. The van der Waals surface area contributed by atoms with Crippen molar-refractivity contribution in [2.24, 2.45) is 28.2 Å². The molecule has 588 valence electrons. The molecule has 0 radical (unpaired) electrons. The first-order valence-electron chi connectivity index (χ1n) is 44.3. The van der Waals surface area contributed by atoms with Crippen LogP contribution in [0.25, 0.3) is 133 Å².